The molecule has 3 aromatic carbocycles. The highest BCUT2D eigenvalue weighted by Crippen LogP contribution is 2.40. The third kappa shape index (κ3) is 5.23. The van der Waals surface area contributed by atoms with Crippen molar-refractivity contribution < 1.29 is 22.3 Å². The van der Waals surface area contributed by atoms with E-state index in [2.05, 4.69) is 0 Å². The number of hydrogen-bond donors (Lipinski definition) is 0. The lowest BCUT2D eigenvalue weighted by molar-refractivity contribution is 0.226. The van der Waals surface area contributed by atoms with Crippen LogP contribution in [0, 0.1) is 5.82 Å². The summed E-state index contributed by atoms with van der Waals surface area (Å²) in [6.07, 6.45) is 0.834. The van der Waals surface area contributed by atoms with Crippen LogP contribution in [-0.4, -0.2) is 26.8 Å². The average Bonchev–Trinajstić information content (AvgIpc) is 3.25. The van der Waals surface area contributed by atoms with Crippen LogP contribution < -0.4 is 9.47 Å². The monoisotopic (exact) mass is 483 g/mol. The van der Waals surface area contributed by atoms with Gasteiger partial charge in [0.25, 0.3) is 0 Å². The second kappa shape index (κ2) is 9.33. The Morgan fingerprint density at radius 2 is 1.45 bits per heavy atom. The molecule has 4 rings (SSSR count). The van der Waals surface area contributed by atoms with Crippen LogP contribution in [0.25, 0.3) is 21.7 Å². The third-order valence-corrected chi connectivity index (χ3v) is 7.42. The summed E-state index contributed by atoms with van der Waals surface area (Å²) in [5.41, 5.74) is 2.27. The van der Waals surface area contributed by atoms with Gasteiger partial charge in [0.2, 0.25) is 0 Å². The van der Waals surface area contributed by atoms with Crippen LogP contribution in [-0.2, 0) is 9.84 Å². The minimum atomic E-state index is -3.30. The molecule has 33 heavy (non-hydrogen) atoms. The van der Waals surface area contributed by atoms with Gasteiger partial charge in [-0.3, -0.25) is 0 Å². The van der Waals surface area contributed by atoms with Gasteiger partial charge >= 0.3 is 0 Å². The van der Waals surface area contributed by atoms with Crippen LogP contribution in [0.15, 0.2) is 77.7 Å². The Balaban J connectivity index is 1.72. The number of sulfone groups is 1. The predicted octanol–water partition coefficient (Wildman–Crippen LogP) is 6.17. The van der Waals surface area contributed by atoms with Crippen LogP contribution in [0.3, 0.4) is 0 Å². The fourth-order valence-corrected chi connectivity index (χ4v) is 4.98. The van der Waals surface area contributed by atoms with Crippen molar-refractivity contribution >= 4 is 21.2 Å². The van der Waals surface area contributed by atoms with Gasteiger partial charge in [0.15, 0.2) is 9.84 Å². The van der Waals surface area contributed by atoms with Crippen molar-refractivity contribution in [2.24, 2.45) is 0 Å². The van der Waals surface area contributed by atoms with E-state index < -0.39 is 9.84 Å². The first-order chi connectivity index (χ1) is 15.7. The minimum Gasteiger partial charge on any atom is -0.497 e. The van der Waals surface area contributed by atoms with Gasteiger partial charge in [-0.05, 0) is 73.2 Å². The molecule has 0 aliphatic carbocycles. The van der Waals surface area contributed by atoms with Gasteiger partial charge in [0.1, 0.15) is 28.4 Å². The second-order valence-electron chi connectivity index (χ2n) is 7.47. The Bertz CT molecular complexity index is 1350. The molecule has 0 saturated heterocycles. The van der Waals surface area contributed by atoms with E-state index in [0.29, 0.717) is 11.4 Å². The molecule has 0 saturated carbocycles. The maximum Gasteiger partial charge on any atom is 0.175 e. The molecule has 5 nitrogen and oxygen atoms in total. The van der Waals surface area contributed by atoms with Gasteiger partial charge in [-0.2, -0.15) is 0 Å². The highest BCUT2D eigenvalue weighted by Gasteiger charge is 2.20. The summed E-state index contributed by atoms with van der Waals surface area (Å²) in [7, 11) is -1.69. The lowest BCUT2D eigenvalue weighted by Crippen LogP contribution is -2.02. The van der Waals surface area contributed by atoms with E-state index in [4.69, 9.17) is 14.5 Å². The summed E-state index contributed by atoms with van der Waals surface area (Å²) >= 11 is 1.46. The average molecular weight is 484 g/mol. The van der Waals surface area contributed by atoms with Crippen molar-refractivity contribution in [3.63, 3.8) is 0 Å². The number of methoxy groups -OCH3 is 1. The normalized spacial score (nSPS) is 12.4. The maximum atomic E-state index is 13.5. The number of thiazole rings is 1. The fraction of sp³-hybridized carbons (Fsp3) is 0.160. The first-order valence-corrected chi connectivity index (χ1v) is 12.8. The van der Waals surface area contributed by atoms with Gasteiger partial charge in [-0.25, -0.2) is 17.8 Å². The Morgan fingerprint density at radius 3 is 2.03 bits per heavy atom. The van der Waals surface area contributed by atoms with Gasteiger partial charge in [-0.15, -0.1) is 11.3 Å². The summed E-state index contributed by atoms with van der Waals surface area (Å²) in [6, 6.07) is 20.1. The molecule has 0 aliphatic heterocycles. The summed E-state index contributed by atoms with van der Waals surface area (Å²) in [5, 5.41) is 0.743. The maximum absolute atomic E-state index is 13.5. The Kier molecular flexibility index (Phi) is 6.49. The van der Waals surface area contributed by atoms with Crippen molar-refractivity contribution in [3.8, 4) is 33.2 Å². The number of aromatic nitrogens is 1. The molecule has 0 N–H and O–H groups in total. The Hall–Kier alpha value is -3.23. The minimum absolute atomic E-state index is 0.246. The molecule has 1 heterocycles. The standard InChI is InChI=1S/C25H22FNO4S2/c1-16(31-21-12-10-20(30-2)11-13-21)25-27-23(17-4-8-19(26)9-5-17)24(32-25)18-6-14-22(15-7-18)33(3,28)29/h4-16H,1-3H3. The predicted molar refractivity (Wildman–Crippen MR) is 128 cm³/mol. The molecule has 0 aliphatic rings. The second-order valence-corrected chi connectivity index (χ2v) is 10.5. The molecule has 0 fully saturated rings. The molecule has 0 bridgehead atoms. The van der Waals surface area contributed by atoms with Crippen LogP contribution in [0.1, 0.15) is 18.0 Å². The molecule has 0 radical (unpaired) electrons. The highest BCUT2D eigenvalue weighted by molar-refractivity contribution is 7.90. The zero-order chi connectivity index (χ0) is 23.6. The van der Waals surface area contributed by atoms with E-state index >= 15 is 0 Å². The van der Waals surface area contributed by atoms with E-state index in [9.17, 15) is 12.8 Å². The van der Waals surface area contributed by atoms with Crippen LogP contribution in [0.4, 0.5) is 4.39 Å². The number of halogens is 1. The van der Waals surface area contributed by atoms with E-state index in [0.717, 1.165) is 26.8 Å². The smallest absolute Gasteiger partial charge is 0.175 e. The molecule has 0 spiro atoms. The molecule has 4 aromatic rings. The molecule has 1 unspecified atom stereocenters. The Labute approximate surface area is 196 Å². The van der Waals surface area contributed by atoms with E-state index in [-0.39, 0.29) is 16.8 Å². The SMILES string of the molecule is COc1ccc(OC(C)c2nc(-c3ccc(F)cc3)c(-c3ccc(S(C)(=O)=O)cc3)s2)cc1. The van der Waals surface area contributed by atoms with Crippen molar-refractivity contribution in [3.05, 3.63) is 83.6 Å². The largest absolute Gasteiger partial charge is 0.497 e. The number of rotatable bonds is 7. The van der Waals surface area contributed by atoms with Gasteiger partial charge < -0.3 is 9.47 Å². The Morgan fingerprint density at radius 1 is 0.879 bits per heavy atom. The molecule has 8 heteroatoms. The van der Waals surface area contributed by atoms with Crippen LogP contribution >= 0.6 is 11.3 Å². The van der Waals surface area contributed by atoms with Crippen molar-refractivity contribution in [2.75, 3.05) is 13.4 Å². The fourth-order valence-electron chi connectivity index (χ4n) is 3.27. The lowest BCUT2D eigenvalue weighted by Gasteiger charge is -2.12. The summed E-state index contributed by atoms with van der Waals surface area (Å²) < 4.78 is 48.4. The van der Waals surface area contributed by atoms with Gasteiger partial charge in [-0.1, -0.05) is 12.1 Å². The molecule has 1 atom stereocenters. The topological polar surface area (TPSA) is 65.5 Å². The summed E-state index contributed by atoms with van der Waals surface area (Å²) in [5.74, 6) is 1.09. The zero-order valence-electron chi connectivity index (χ0n) is 18.3. The summed E-state index contributed by atoms with van der Waals surface area (Å²) in [4.78, 5) is 5.91. The number of ether oxygens (including phenoxy) is 2. The number of hydrogen-bond acceptors (Lipinski definition) is 6. The first kappa shape index (κ1) is 22.9. The molecule has 0 amide bonds. The van der Waals surface area contributed by atoms with Crippen molar-refractivity contribution in [1.29, 1.82) is 0 Å². The molecular formula is C25H22FNO4S2. The van der Waals surface area contributed by atoms with Gasteiger partial charge in [0, 0.05) is 11.8 Å². The number of nitrogens with zero attached hydrogens (tertiary/aromatic N) is 1. The van der Waals surface area contributed by atoms with E-state index in [1.807, 2.05) is 31.2 Å². The zero-order valence-corrected chi connectivity index (χ0v) is 19.9. The van der Waals surface area contributed by atoms with E-state index in [1.165, 1.54) is 29.7 Å². The first-order valence-electron chi connectivity index (χ1n) is 10.1. The highest BCUT2D eigenvalue weighted by atomic mass is 32.2. The van der Waals surface area contributed by atoms with Crippen molar-refractivity contribution in [1.82, 2.24) is 4.98 Å². The van der Waals surface area contributed by atoms with E-state index in [1.54, 1.807) is 43.5 Å². The van der Waals surface area contributed by atoms with Crippen LogP contribution in [0.5, 0.6) is 11.5 Å². The van der Waals surface area contributed by atoms with Crippen molar-refractivity contribution in [2.45, 2.75) is 17.9 Å². The van der Waals surface area contributed by atoms with Gasteiger partial charge in [0.05, 0.1) is 22.6 Å². The quantitative estimate of drug-likeness (QED) is 0.315. The third-order valence-electron chi connectivity index (χ3n) is 5.03. The molecular weight excluding hydrogens is 461 g/mol. The summed E-state index contributed by atoms with van der Waals surface area (Å²) in [6.45, 7) is 1.91. The lowest BCUT2D eigenvalue weighted by atomic mass is 10.1. The number of benzene rings is 3. The molecule has 1 aromatic heterocycles. The molecule has 170 valence electrons. The van der Waals surface area contributed by atoms with Crippen LogP contribution in [0.2, 0.25) is 0 Å².